The molecule has 1 fully saturated rings. The van der Waals surface area contributed by atoms with E-state index >= 15 is 0 Å². The summed E-state index contributed by atoms with van der Waals surface area (Å²) in [6.45, 7) is 4.20. The molecule has 1 aliphatic rings. The molecule has 4 amide bonds. The smallest absolute Gasteiger partial charge is 0.325 e. The highest BCUT2D eigenvalue weighted by atomic mass is 16.4. The zero-order chi connectivity index (χ0) is 15.7. The minimum absolute atomic E-state index is 0.0151. The van der Waals surface area contributed by atoms with Gasteiger partial charge in [-0.25, -0.2) is 4.79 Å². The fourth-order valence-electron chi connectivity index (χ4n) is 1.81. The van der Waals surface area contributed by atoms with Gasteiger partial charge in [0.1, 0.15) is 12.1 Å². The first-order valence-electron chi connectivity index (χ1n) is 6.17. The molecule has 1 unspecified atom stereocenters. The van der Waals surface area contributed by atoms with Crippen molar-refractivity contribution in [2.24, 2.45) is 5.92 Å². The summed E-state index contributed by atoms with van der Waals surface area (Å²) in [5.74, 6) is -2.70. The van der Waals surface area contributed by atoms with E-state index in [-0.39, 0.29) is 6.54 Å². The standard InChI is InChI=1S/C12H19N3O5/c1-7(9(17)18)5-14(4)8(16)6-15-10(19)12(2,3)13-11(15)20/h7H,5-6H2,1-4H3,(H,13,20)(H,17,18). The number of aliphatic carboxylic acids is 1. The maximum Gasteiger partial charge on any atom is 0.325 e. The highest BCUT2D eigenvalue weighted by Gasteiger charge is 2.45. The number of imide groups is 1. The second-order valence-electron chi connectivity index (χ2n) is 5.46. The second kappa shape index (κ2) is 5.48. The quantitative estimate of drug-likeness (QED) is 0.662. The Labute approximate surface area is 116 Å². The number of carboxylic acid groups (broad SMARTS) is 1. The lowest BCUT2D eigenvalue weighted by atomic mass is 10.1. The molecule has 0 bridgehead atoms. The number of nitrogens with zero attached hydrogens (tertiary/aromatic N) is 2. The normalized spacial score (nSPS) is 18.7. The number of carbonyl (C=O) groups is 4. The fourth-order valence-corrected chi connectivity index (χ4v) is 1.81. The Morgan fingerprint density at radius 1 is 1.40 bits per heavy atom. The van der Waals surface area contributed by atoms with Gasteiger partial charge in [-0.3, -0.25) is 19.3 Å². The lowest BCUT2D eigenvalue weighted by Gasteiger charge is -2.22. The number of rotatable bonds is 5. The van der Waals surface area contributed by atoms with Crippen LogP contribution < -0.4 is 5.32 Å². The SMILES string of the molecule is CC(CN(C)C(=O)CN1C(=O)NC(C)(C)C1=O)C(=O)O. The number of carbonyl (C=O) groups excluding carboxylic acids is 3. The van der Waals surface area contributed by atoms with Crippen molar-refractivity contribution in [3.8, 4) is 0 Å². The van der Waals surface area contributed by atoms with E-state index < -0.39 is 41.8 Å². The molecule has 1 rings (SSSR count). The van der Waals surface area contributed by atoms with E-state index in [1.165, 1.54) is 18.9 Å². The van der Waals surface area contributed by atoms with Gasteiger partial charge < -0.3 is 15.3 Å². The van der Waals surface area contributed by atoms with Gasteiger partial charge in [0, 0.05) is 13.6 Å². The molecule has 0 radical (unpaired) electrons. The third-order valence-corrected chi connectivity index (χ3v) is 3.13. The van der Waals surface area contributed by atoms with E-state index in [1.807, 2.05) is 0 Å². The Balaban J connectivity index is 2.65. The first-order chi connectivity index (χ1) is 9.06. The molecule has 0 saturated carbocycles. The van der Waals surface area contributed by atoms with Crippen LogP contribution in [0.3, 0.4) is 0 Å². The van der Waals surface area contributed by atoms with Gasteiger partial charge in [0.05, 0.1) is 5.92 Å². The monoisotopic (exact) mass is 285 g/mol. The van der Waals surface area contributed by atoms with Gasteiger partial charge in [-0.05, 0) is 13.8 Å². The number of amides is 4. The second-order valence-corrected chi connectivity index (χ2v) is 5.46. The molecule has 1 heterocycles. The van der Waals surface area contributed by atoms with Crippen molar-refractivity contribution in [1.82, 2.24) is 15.1 Å². The number of likely N-dealkylation sites (N-methyl/N-ethyl adjacent to an activating group) is 1. The zero-order valence-corrected chi connectivity index (χ0v) is 12.0. The minimum Gasteiger partial charge on any atom is -0.481 e. The Morgan fingerprint density at radius 3 is 2.35 bits per heavy atom. The first kappa shape index (κ1) is 15.9. The van der Waals surface area contributed by atoms with Gasteiger partial charge in [-0.2, -0.15) is 0 Å². The van der Waals surface area contributed by atoms with Crippen molar-refractivity contribution in [1.29, 1.82) is 0 Å². The summed E-state index contributed by atoms with van der Waals surface area (Å²) in [5, 5.41) is 11.3. The Bertz CT molecular complexity index is 460. The number of hydrogen-bond acceptors (Lipinski definition) is 4. The van der Waals surface area contributed by atoms with Gasteiger partial charge in [0.25, 0.3) is 5.91 Å². The fraction of sp³-hybridized carbons (Fsp3) is 0.667. The van der Waals surface area contributed by atoms with Gasteiger partial charge in [0.15, 0.2) is 0 Å². The lowest BCUT2D eigenvalue weighted by molar-refractivity contribution is -0.143. The van der Waals surface area contributed by atoms with Crippen LogP contribution in [-0.2, 0) is 14.4 Å². The van der Waals surface area contributed by atoms with Crippen molar-refractivity contribution < 1.29 is 24.3 Å². The molecule has 1 saturated heterocycles. The molecule has 8 nitrogen and oxygen atoms in total. The van der Waals surface area contributed by atoms with E-state index in [2.05, 4.69) is 5.32 Å². The molecular formula is C12H19N3O5. The Morgan fingerprint density at radius 2 is 1.95 bits per heavy atom. The summed E-state index contributed by atoms with van der Waals surface area (Å²) >= 11 is 0. The van der Waals surface area contributed by atoms with Crippen LogP contribution in [0.4, 0.5) is 4.79 Å². The molecule has 8 heteroatoms. The minimum atomic E-state index is -1.02. The van der Waals surface area contributed by atoms with Crippen LogP contribution in [0.5, 0.6) is 0 Å². The maximum atomic E-state index is 11.9. The van der Waals surface area contributed by atoms with E-state index in [4.69, 9.17) is 5.11 Å². The van der Waals surface area contributed by atoms with Gasteiger partial charge in [-0.1, -0.05) is 6.92 Å². The number of carboxylic acids is 1. The van der Waals surface area contributed by atoms with Crippen molar-refractivity contribution in [2.75, 3.05) is 20.1 Å². The molecule has 0 spiro atoms. The zero-order valence-electron chi connectivity index (χ0n) is 12.0. The third-order valence-electron chi connectivity index (χ3n) is 3.13. The highest BCUT2D eigenvalue weighted by Crippen LogP contribution is 2.16. The molecule has 0 aromatic carbocycles. The largest absolute Gasteiger partial charge is 0.481 e. The predicted molar refractivity (Wildman–Crippen MR) is 68.8 cm³/mol. The summed E-state index contributed by atoms with van der Waals surface area (Å²) < 4.78 is 0. The molecule has 0 aromatic rings. The molecular weight excluding hydrogens is 266 g/mol. The molecule has 0 aliphatic carbocycles. The van der Waals surface area contributed by atoms with Crippen LogP contribution >= 0.6 is 0 Å². The maximum absolute atomic E-state index is 11.9. The van der Waals surface area contributed by atoms with Gasteiger partial charge >= 0.3 is 12.0 Å². The predicted octanol–water partition coefficient (Wildman–Crippen LogP) is -0.504. The third kappa shape index (κ3) is 3.25. The Kier molecular flexibility index (Phi) is 4.36. The summed E-state index contributed by atoms with van der Waals surface area (Å²) in [4.78, 5) is 48.2. The summed E-state index contributed by atoms with van der Waals surface area (Å²) in [5.41, 5.74) is -1.02. The van der Waals surface area contributed by atoms with Gasteiger partial charge in [-0.15, -0.1) is 0 Å². The molecule has 2 N–H and O–H groups in total. The average molecular weight is 285 g/mol. The lowest BCUT2D eigenvalue weighted by Crippen LogP contribution is -2.44. The number of hydrogen-bond donors (Lipinski definition) is 2. The summed E-state index contributed by atoms with van der Waals surface area (Å²) in [7, 11) is 1.44. The van der Waals surface area contributed by atoms with Crippen LogP contribution in [0.2, 0.25) is 0 Å². The number of urea groups is 1. The first-order valence-corrected chi connectivity index (χ1v) is 6.17. The Hall–Kier alpha value is -2.12. The van der Waals surface area contributed by atoms with Crippen LogP contribution in [0.25, 0.3) is 0 Å². The molecule has 1 aliphatic heterocycles. The average Bonchev–Trinajstić information content (AvgIpc) is 2.51. The molecule has 0 aromatic heterocycles. The molecule has 20 heavy (non-hydrogen) atoms. The van der Waals surface area contributed by atoms with Crippen LogP contribution in [0, 0.1) is 5.92 Å². The van der Waals surface area contributed by atoms with Crippen molar-refractivity contribution in [3.63, 3.8) is 0 Å². The number of nitrogens with one attached hydrogen (secondary N) is 1. The molecule has 1 atom stereocenters. The van der Waals surface area contributed by atoms with Crippen molar-refractivity contribution in [2.45, 2.75) is 26.3 Å². The van der Waals surface area contributed by atoms with E-state index in [9.17, 15) is 19.2 Å². The summed E-state index contributed by atoms with van der Waals surface area (Å²) in [6, 6.07) is -0.618. The van der Waals surface area contributed by atoms with Crippen molar-refractivity contribution >= 4 is 23.8 Å². The van der Waals surface area contributed by atoms with E-state index in [1.54, 1.807) is 13.8 Å². The molecule has 112 valence electrons. The van der Waals surface area contributed by atoms with Crippen LogP contribution in [0.15, 0.2) is 0 Å². The van der Waals surface area contributed by atoms with E-state index in [0.29, 0.717) is 0 Å². The summed E-state index contributed by atoms with van der Waals surface area (Å²) in [6.07, 6.45) is 0. The van der Waals surface area contributed by atoms with Crippen LogP contribution in [-0.4, -0.2) is 64.4 Å². The highest BCUT2D eigenvalue weighted by molar-refractivity contribution is 6.08. The van der Waals surface area contributed by atoms with Crippen LogP contribution in [0.1, 0.15) is 20.8 Å². The van der Waals surface area contributed by atoms with Crippen molar-refractivity contribution in [3.05, 3.63) is 0 Å². The topological polar surface area (TPSA) is 107 Å². The van der Waals surface area contributed by atoms with E-state index in [0.717, 1.165) is 4.90 Å². The van der Waals surface area contributed by atoms with Gasteiger partial charge in [0.2, 0.25) is 5.91 Å².